The Labute approximate surface area is 113 Å². The van der Waals surface area contributed by atoms with E-state index in [1.165, 1.54) is 12.8 Å². The monoisotopic (exact) mass is 269 g/mol. The normalized spacial score (nSPS) is 21.4. The molecule has 0 radical (unpaired) electrons. The van der Waals surface area contributed by atoms with Crippen LogP contribution in [0, 0.1) is 0 Å². The third kappa shape index (κ3) is 5.74. The molecule has 2 heterocycles. The van der Waals surface area contributed by atoms with E-state index in [4.69, 9.17) is 13.9 Å². The fourth-order valence-electron chi connectivity index (χ4n) is 2.13. The number of furan rings is 1. The Hall–Kier alpha value is -0.880. The fraction of sp³-hybridized carbons (Fsp3) is 0.714. The molecule has 2 atom stereocenters. The minimum atomic E-state index is -0.501. The van der Waals surface area contributed by atoms with Crippen LogP contribution >= 0.6 is 0 Å². The van der Waals surface area contributed by atoms with Gasteiger partial charge in [0.1, 0.15) is 12.4 Å². The molecule has 0 saturated carbocycles. The second kappa shape index (κ2) is 8.32. The summed E-state index contributed by atoms with van der Waals surface area (Å²) in [5, 5.41) is 13.0. The predicted molar refractivity (Wildman–Crippen MR) is 70.8 cm³/mol. The van der Waals surface area contributed by atoms with Crippen LogP contribution in [0.2, 0.25) is 0 Å². The third-order valence-electron chi connectivity index (χ3n) is 3.16. The van der Waals surface area contributed by atoms with Crippen LogP contribution in [-0.4, -0.2) is 43.6 Å². The molecule has 1 aliphatic heterocycles. The number of hydrogen-bond donors (Lipinski definition) is 2. The Balaban J connectivity index is 1.48. The number of hydrogen-bond acceptors (Lipinski definition) is 5. The van der Waals surface area contributed by atoms with Gasteiger partial charge in [-0.3, -0.25) is 0 Å². The highest BCUT2D eigenvalue weighted by Gasteiger charge is 2.13. The second-order valence-electron chi connectivity index (χ2n) is 4.90. The van der Waals surface area contributed by atoms with Crippen LogP contribution in [0.3, 0.4) is 0 Å². The Bertz CT molecular complexity index is 322. The zero-order chi connectivity index (χ0) is 13.3. The van der Waals surface area contributed by atoms with Crippen molar-refractivity contribution >= 4 is 0 Å². The van der Waals surface area contributed by atoms with Gasteiger partial charge in [0.05, 0.1) is 25.1 Å². The number of aliphatic hydroxyl groups excluding tert-OH is 1. The van der Waals surface area contributed by atoms with Gasteiger partial charge in [-0.15, -0.1) is 0 Å². The van der Waals surface area contributed by atoms with Gasteiger partial charge in [0.25, 0.3) is 0 Å². The molecule has 2 N–H and O–H groups in total. The molecule has 108 valence electrons. The molecule has 0 aromatic carbocycles. The van der Waals surface area contributed by atoms with Crippen LogP contribution < -0.4 is 5.32 Å². The molecule has 0 spiro atoms. The van der Waals surface area contributed by atoms with E-state index in [9.17, 15) is 5.11 Å². The van der Waals surface area contributed by atoms with Gasteiger partial charge in [0.2, 0.25) is 0 Å². The SMILES string of the molecule is OC(CNCC1CCCCO1)COCc1ccco1. The first-order chi connectivity index (χ1) is 9.34. The van der Waals surface area contributed by atoms with Gasteiger partial charge in [-0.2, -0.15) is 0 Å². The summed E-state index contributed by atoms with van der Waals surface area (Å²) in [4.78, 5) is 0. The second-order valence-corrected chi connectivity index (χ2v) is 4.90. The van der Waals surface area contributed by atoms with Crippen LogP contribution in [0.5, 0.6) is 0 Å². The highest BCUT2D eigenvalue weighted by molar-refractivity contribution is 4.96. The first-order valence-electron chi connectivity index (χ1n) is 6.95. The maximum absolute atomic E-state index is 9.75. The molecule has 2 rings (SSSR count). The molecule has 1 aromatic heterocycles. The Kier molecular flexibility index (Phi) is 6.36. The largest absolute Gasteiger partial charge is 0.467 e. The lowest BCUT2D eigenvalue weighted by Gasteiger charge is -2.23. The summed E-state index contributed by atoms with van der Waals surface area (Å²) in [5.74, 6) is 0.774. The number of rotatable bonds is 8. The van der Waals surface area contributed by atoms with E-state index in [2.05, 4.69) is 5.32 Å². The summed E-state index contributed by atoms with van der Waals surface area (Å²) in [7, 11) is 0. The van der Waals surface area contributed by atoms with Crippen LogP contribution in [0.1, 0.15) is 25.0 Å². The fourth-order valence-corrected chi connectivity index (χ4v) is 2.13. The van der Waals surface area contributed by atoms with Crippen molar-refractivity contribution in [2.45, 2.75) is 38.1 Å². The van der Waals surface area contributed by atoms with Gasteiger partial charge >= 0.3 is 0 Å². The highest BCUT2D eigenvalue weighted by atomic mass is 16.5. The van der Waals surface area contributed by atoms with E-state index in [0.29, 0.717) is 25.9 Å². The first kappa shape index (κ1) is 14.5. The maximum Gasteiger partial charge on any atom is 0.129 e. The molecule has 1 aromatic rings. The van der Waals surface area contributed by atoms with E-state index in [0.717, 1.165) is 25.3 Å². The van der Waals surface area contributed by atoms with Crippen molar-refractivity contribution < 1.29 is 19.0 Å². The molecule has 1 fully saturated rings. The molecule has 2 unspecified atom stereocenters. The Morgan fingerprint density at radius 1 is 1.47 bits per heavy atom. The van der Waals surface area contributed by atoms with Crippen LogP contribution in [0.25, 0.3) is 0 Å². The van der Waals surface area contributed by atoms with E-state index >= 15 is 0 Å². The summed E-state index contributed by atoms with van der Waals surface area (Å²) in [6.07, 6.45) is 4.92. The van der Waals surface area contributed by atoms with Crippen molar-refractivity contribution in [1.82, 2.24) is 5.32 Å². The highest BCUT2D eigenvalue weighted by Crippen LogP contribution is 2.11. The van der Waals surface area contributed by atoms with Crippen LogP contribution in [0.4, 0.5) is 0 Å². The smallest absolute Gasteiger partial charge is 0.129 e. The first-order valence-corrected chi connectivity index (χ1v) is 6.95. The van der Waals surface area contributed by atoms with Crippen molar-refractivity contribution in [3.63, 3.8) is 0 Å². The summed E-state index contributed by atoms with van der Waals surface area (Å²) < 4.78 is 16.1. The minimum Gasteiger partial charge on any atom is -0.467 e. The van der Waals surface area contributed by atoms with Crippen LogP contribution in [-0.2, 0) is 16.1 Å². The molecule has 0 bridgehead atoms. The Morgan fingerprint density at radius 2 is 2.42 bits per heavy atom. The summed E-state index contributed by atoms with van der Waals surface area (Å²) in [5.41, 5.74) is 0. The molecular formula is C14H23NO4. The van der Waals surface area contributed by atoms with Gasteiger partial charge in [0, 0.05) is 19.7 Å². The zero-order valence-electron chi connectivity index (χ0n) is 11.2. The standard InChI is InChI=1S/C14H23NO4/c16-12(10-17-11-14-5-3-7-19-14)8-15-9-13-4-1-2-6-18-13/h3,5,7,12-13,15-16H,1-2,4,6,8-11H2. The molecular weight excluding hydrogens is 246 g/mol. The van der Waals surface area contributed by atoms with E-state index in [1.54, 1.807) is 6.26 Å². The van der Waals surface area contributed by atoms with Crippen molar-refractivity contribution in [2.75, 3.05) is 26.3 Å². The molecule has 0 amide bonds. The molecule has 0 aliphatic carbocycles. The van der Waals surface area contributed by atoms with E-state index < -0.39 is 6.10 Å². The van der Waals surface area contributed by atoms with Crippen molar-refractivity contribution in [1.29, 1.82) is 0 Å². The van der Waals surface area contributed by atoms with Gasteiger partial charge < -0.3 is 24.3 Å². The van der Waals surface area contributed by atoms with Gasteiger partial charge in [-0.25, -0.2) is 0 Å². The average Bonchev–Trinajstić information content (AvgIpc) is 2.93. The van der Waals surface area contributed by atoms with E-state index in [-0.39, 0.29) is 0 Å². The lowest BCUT2D eigenvalue weighted by atomic mass is 10.1. The van der Waals surface area contributed by atoms with Gasteiger partial charge in [-0.1, -0.05) is 0 Å². The Morgan fingerprint density at radius 3 is 3.16 bits per heavy atom. The summed E-state index contributed by atoms with van der Waals surface area (Å²) in [6.45, 7) is 2.89. The van der Waals surface area contributed by atoms with Crippen molar-refractivity contribution in [2.24, 2.45) is 0 Å². The summed E-state index contributed by atoms with van der Waals surface area (Å²) >= 11 is 0. The van der Waals surface area contributed by atoms with E-state index in [1.807, 2.05) is 12.1 Å². The average molecular weight is 269 g/mol. The van der Waals surface area contributed by atoms with Gasteiger partial charge in [0.15, 0.2) is 0 Å². The van der Waals surface area contributed by atoms with Crippen molar-refractivity contribution in [3.05, 3.63) is 24.2 Å². The quantitative estimate of drug-likeness (QED) is 0.745. The number of ether oxygens (including phenoxy) is 2. The molecule has 19 heavy (non-hydrogen) atoms. The molecule has 5 nitrogen and oxygen atoms in total. The summed E-state index contributed by atoms with van der Waals surface area (Å²) in [6, 6.07) is 3.67. The van der Waals surface area contributed by atoms with Gasteiger partial charge in [-0.05, 0) is 31.4 Å². The lowest BCUT2D eigenvalue weighted by molar-refractivity contribution is 0.00585. The van der Waals surface area contributed by atoms with Crippen molar-refractivity contribution in [3.8, 4) is 0 Å². The molecule has 1 aliphatic rings. The number of aliphatic hydroxyl groups is 1. The predicted octanol–water partition coefficient (Wildman–Crippen LogP) is 1.32. The minimum absolute atomic E-state index is 0.296. The lowest BCUT2D eigenvalue weighted by Crippen LogP contribution is -2.37. The zero-order valence-corrected chi connectivity index (χ0v) is 11.2. The van der Waals surface area contributed by atoms with Crippen LogP contribution in [0.15, 0.2) is 22.8 Å². The molecule has 5 heteroatoms. The number of nitrogens with one attached hydrogen (secondary N) is 1. The topological polar surface area (TPSA) is 63.9 Å². The molecule has 1 saturated heterocycles. The third-order valence-corrected chi connectivity index (χ3v) is 3.16. The maximum atomic E-state index is 9.75.